The number of fused-ring (bicyclic) bond motifs is 1. The molecule has 1 aliphatic heterocycles. The van der Waals surface area contributed by atoms with Gasteiger partial charge < -0.3 is 14.6 Å². The number of hydrogen-bond donors (Lipinski definition) is 1. The average molecular weight is 327 g/mol. The van der Waals surface area contributed by atoms with Crippen LogP contribution in [0.4, 0.5) is 0 Å². The molecule has 0 aromatic carbocycles. The number of piperidine rings is 1. The fraction of sp³-hybridized carbons (Fsp3) is 0.579. The lowest BCUT2D eigenvalue weighted by Crippen LogP contribution is -2.48. The van der Waals surface area contributed by atoms with Gasteiger partial charge in [0.25, 0.3) is 0 Å². The number of guanidine groups is 1. The number of nitrogens with one attached hydrogen (secondary N) is 1. The third-order valence-corrected chi connectivity index (χ3v) is 4.55. The van der Waals surface area contributed by atoms with Gasteiger partial charge in [-0.2, -0.15) is 0 Å². The van der Waals surface area contributed by atoms with Gasteiger partial charge in [-0.3, -0.25) is 4.99 Å². The third-order valence-electron chi connectivity index (χ3n) is 4.55. The number of nitrogens with zero attached hydrogens (tertiary/aromatic N) is 4. The highest BCUT2D eigenvalue weighted by Gasteiger charge is 2.23. The second-order valence-electron chi connectivity index (χ2n) is 7.04. The first-order chi connectivity index (χ1) is 11.7. The number of hydrogen-bond acceptors (Lipinski definition) is 2. The van der Waals surface area contributed by atoms with Crippen LogP contribution in [0.5, 0.6) is 0 Å². The van der Waals surface area contributed by atoms with E-state index in [9.17, 15) is 0 Å². The first-order valence-corrected chi connectivity index (χ1v) is 9.11. The van der Waals surface area contributed by atoms with Gasteiger partial charge in [0.1, 0.15) is 5.65 Å². The van der Waals surface area contributed by atoms with Crippen molar-refractivity contribution in [2.45, 2.75) is 33.6 Å². The predicted molar refractivity (Wildman–Crippen MR) is 99.4 cm³/mol. The molecule has 24 heavy (non-hydrogen) atoms. The molecule has 0 bridgehead atoms. The molecule has 0 amide bonds. The molecular weight excluding hydrogens is 298 g/mol. The molecule has 1 aliphatic rings. The monoisotopic (exact) mass is 327 g/mol. The summed E-state index contributed by atoms with van der Waals surface area (Å²) in [4.78, 5) is 11.9. The van der Waals surface area contributed by atoms with Crippen LogP contribution >= 0.6 is 0 Å². The second-order valence-corrected chi connectivity index (χ2v) is 7.04. The van der Waals surface area contributed by atoms with Crippen LogP contribution in [0.25, 0.3) is 5.65 Å². The van der Waals surface area contributed by atoms with Crippen molar-refractivity contribution in [1.82, 2.24) is 19.6 Å². The largest absolute Gasteiger partial charge is 0.357 e. The Labute approximate surface area is 144 Å². The SMILES string of the molecule is CCNC(=NCCc1cn2ccccc2n1)N1CC(C)CC(C)C1. The summed E-state index contributed by atoms with van der Waals surface area (Å²) in [6.07, 6.45) is 6.32. The molecule has 0 aliphatic carbocycles. The Hall–Kier alpha value is -2.04. The van der Waals surface area contributed by atoms with E-state index in [0.717, 1.165) is 61.7 Å². The maximum absolute atomic E-state index is 4.85. The molecular formula is C19H29N5. The molecule has 2 aromatic heterocycles. The Morgan fingerprint density at radius 3 is 2.79 bits per heavy atom. The molecule has 0 saturated carbocycles. The zero-order chi connectivity index (χ0) is 16.9. The van der Waals surface area contributed by atoms with Crippen LogP contribution in [0.2, 0.25) is 0 Å². The topological polar surface area (TPSA) is 44.9 Å². The maximum Gasteiger partial charge on any atom is 0.193 e. The Kier molecular flexibility index (Phi) is 5.38. The first-order valence-electron chi connectivity index (χ1n) is 9.11. The quantitative estimate of drug-likeness (QED) is 0.694. The van der Waals surface area contributed by atoms with E-state index in [1.807, 2.05) is 24.4 Å². The minimum Gasteiger partial charge on any atom is -0.357 e. The summed E-state index contributed by atoms with van der Waals surface area (Å²) in [5, 5.41) is 3.46. The van der Waals surface area contributed by atoms with Gasteiger partial charge >= 0.3 is 0 Å². The summed E-state index contributed by atoms with van der Waals surface area (Å²) in [6.45, 7) is 10.7. The molecule has 2 unspecified atom stereocenters. The summed E-state index contributed by atoms with van der Waals surface area (Å²) in [7, 11) is 0. The van der Waals surface area contributed by atoms with Gasteiger partial charge in [0.2, 0.25) is 0 Å². The highest BCUT2D eigenvalue weighted by Crippen LogP contribution is 2.20. The van der Waals surface area contributed by atoms with Crippen molar-refractivity contribution in [1.29, 1.82) is 0 Å². The molecule has 1 saturated heterocycles. The van der Waals surface area contributed by atoms with Crippen molar-refractivity contribution < 1.29 is 0 Å². The number of aliphatic imine (C=N–C) groups is 1. The molecule has 1 N–H and O–H groups in total. The molecule has 2 atom stereocenters. The number of imidazole rings is 1. The average Bonchev–Trinajstić information content (AvgIpc) is 2.96. The Balaban J connectivity index is 1.65. The summed E-state index contributed by atoms with van der Waals surface area (Å²) in [6, 6.07) is 6.08. The summed E-state index contributed by atoms with van der Waals surface area (Å²) in [5.74, 6) is 2.52. The van der Waals surface area contributed by atoms with Gasteiger partial charge in [0.05, 0.1) is 5.69 Å². The van der Waals surface area contributed by atoms with E-state index in [4.69, 9.17) is 4.99 Å². The van der Waals surface area contributed by atoms with E-state index in [-0.39, 0.29) is 0 Å². The number of pyridine rings is 1. The van der Waals surface area contributed by atoms with E-state index in [0.29, 0.717) is 0 Å². The fourth-order valence-electron chi connectivity index (χ4n) is 3.65. The molecule has 0 spiro atoms. The van der Waals surface area contributed by atoms with Gasteiger partial charge in [0.15, 0.2) is 5.96 Å². The normalized spacial score (nSPS) is 22.1. The van der Waals surface area contributed by atoms with Crippen molar-refractivity contribution in [3.63, 3.8) is 0 Å². The van der Waals surface area contributed by atoms with Crippen LogP contribution in [-0.2, 0) is 6.42 Å². The molecule has 1 fully saturated rings. The fourth-order valence-corrected chi connectivity index (χ4v) is 3.65. The lowest BCUT2D eigenvalue weighted by atomic mass is 9.92. The summed E-state index contributed by atoms with van der Waals surface area (Å²) < 4.78 is 2.07. The minimum atomic E-state index is 0.732. The molecule has 3 rings (SSSR count). The van der Waals surface area contributed by atoms with Gasteiger partial charge in [-0.25, -0.2) is 4.98 Å². The van der Waals surface area contributed by atoms with E-state index < -0.39 is 0 Å². The van der Waals surface area contributed by atoms with Crippen LogP contribution < -0.4 is 5.32 Å². The lowest BCUT2D eigenvalue weighted by molar-refractivity contribution is 0.208. The van der Waals surface area contributed by atoms with Crippen molar-refractivity contribution in [2.75, 3.05) is 26.2 Å². The standard InChI is InChI=1S/C19H29N5/c1-4-20-19(24-12-15(2)11-16(3)13-24)21-9-8-17-14-23-10-6-5-7-18(23)22-17/h5-7,10,14-16H,4,8-9,11-13H2,1-3H3,(H,20,21). The smallest absolute Gasteiger partial charge is 0.193 e. The zero-order valence-corrected chi connectivity index (χ0v) is 15.1. The van der Waals surface area contributed by atoms with Crippen LogP contribution in [0.1, 0.15) is 32.9 Å². The molecule has 5 nitrogen and oxygen atoms in total. The highest BCUT2D eigenvalue weighted by atomic mass is 15.3. The van der Waals surface area contributed by atoms with E-state index in [1.54, 1.807) is 0 Å². The van der Waals surface area contributed by atoms with Crippen molar-refractivity contribution in [3.8, 4) is 0 Å². The van der Waals surface area contributed by atoms with Gasteiger partial charge in [-0.15, -0.1) is 0 Å². The first kappa shape index (κ1) is 16.8. The Morgan fingerprint density at radius 1 is 1.29 bits per heavy atom. The van der Waals surface area contributed by atoms with E-state index in [2.05, 4.69) is 46.6 Å². The summed E-state index contributed by atoms with van der Waals surface area (Å²) in [5.41, 5.74) is 2.10. The van der Waals surface area contributed by atoms with E-state index in [1.165, 1.54) is 6.42 Å². The Morgan fingerprint density at radius 2 is 2.08 bits per heavy atom. The summed E-state index contributed by atoms with van der Waals surface area (Å²) >= 11 is 0. The van der Waals surface area contributed by atoms with Crippen LogP contribution in [-0.4, -0.2) is 46.4 Å². The predicted octanol–water partition coefficient (Wildman–Crippen LogP) is 2.82. The van der Waals surface area contributed by atoms with Crippen LogP contribution in [0.15, 0.2) is 35.6 Å². The molecule has 130 valence electrons. The van der Waals surface area contributed by atoms with Crippen molar-refractivity contribution in [3.05, 3.63) is 36.3 Å². The van der Waals surface area contributed by atoms with Crippen molar-refractivity contribution in [2.24, 2.45) is 16.8 Å². The van der Waals surface area contributed by atoms with Crippen molar-refractivity contribution >= 4 is 11.6 Å². The zero-order valence-electron chi connectivity index (χ0n) is 15.1. The van der Waals surface area contributed by atoms with Crippen LogP contribution in [0.3, 0.4) is 0 Å². The Bertz CT molecular complexity index is 647. The van der Waals surface area contributed by atoms with E-state index >= 15 is 0 Å². The third kappa shape index (κ3) is 4.08. The molecule has 0 radical (unpaired) electrons. The van der Waals surface area contributed by atoms with Gasteiger partial charge in [0, 0.05) is 45.0 Å². The molecule has 3 heterocycles. The molecule has 2 aromatic rings. The number of rotatable bonds is 4. The number of likely N-dealkylation sites (tertiary alicyclic amines) is 1. The number of aromatic nitrogens is 2. The maximum atomic E-state index is 4.85. The lowest BCUT2D eigenvalue weighted by Gasteiger charge is -2.37. The van der Waals surface area contributed by atoms with Gasteiger partial charge in [-0.05, 0) is 37.3 Å². The van der Waals surface area contributed by atoms with Crippen LogP contribution in [0, 0.1) is 11.8 Å². The molecule has 5 heteroatoms. The second kappa shape index (κ2) is 7.69. The van der Waals surface area contributed by atoms with Gasteiger partial charge in [-0.1, -0.05) is 19.9 Å². The minimum absolute atomic E-state index is 0.732. The highest BCUT2D eigenvalue weighted by molar-refractivity contribution is 5.80.